The lowest BCUT2D eigenvalue weighted by molar-refractivity contribution is 0.0979. The molecule has 0 radical (unpaired) electrons. The minimum atomic E-state index is -0.0291. The van der Waals surface area contributed by atoms with Gasteiger partial charge in [0, 0.05) is 12.0 Å². The standard InChI is InChI=1S/C24H32O2/c1-4-5-6-7-8-9-23(26)20-12-14-21(15-13-20)24(2,3)18-19-10-16-22(25)17-11-19/h10-17,25H,4-9,18H2,1-3H3. The molecule has 0 saturated carbocycles. The van der Waals surface area contributed by atoms with Gasteiger partial charge in [0.1, 0.15) is 5.75 Å². The second kappa shape index (κ2) is 9.56. The van der Waals surface area contributed by atoms with Crippen molar-refractivity contribution in [1.29, 1.82) is 0 Å². The van der Waals surface area contributed by atoms with E-state index in [1.165, 1.54) is 30.4 Å². The smallest absolute Gasteiger partial charge is 0.162 e. The number of rotatable bonds is 10. The Morgan fingerprint density at radius 3 is 2.12 bits per heavy atom. The predicted octanol–water partition coefficient (Wildman–Crippen LogP) is 6.46. The highest BCUT2D eigenvalue weighted by molar-refractivity contribution is 5.96. The van der Waals surface area contributed by atoms with Crippen molar-refractivity contribution in [3.05, 3.63) is 65.2 Å². The number of hydrogen-bond donors (Lipinski definition) is 1. The molecule has 2 aromatic carbocycles. The first-order valence-electron chi connectivity index (χ1n) is 9.84. The summed E-state index contributed by atoms with van der Waals surface area (Å²) < 4.78 is 0. The Balaban J connectivity index is 1.94. The third-order valence-corrected chi connectivity index (χ3v) is 5.08. The maximum Gasteiger partial charge on any atom is 0.162 e. The summed E-state index contributed by atoms with van der Waals surface area (Å²) in [5, 5.41) is 9.43. The third-order valence-electron chi connectivity index (χ3n) is 5.08. The summed E-state index contributed by atoms with van der Waals surface area (Å²) in [7, 11) is 0. The molecule has 0 aliphatic rings. The van der Waals surface area contributed by atoms with Crippen LogP contribution in [0, 0.1) is 0 Å². The summed E-state index contributed by atoms with van der Waals surface area (Å²) in [4.78, 5) is 12.3. The Morgan fingerprint density at radius 1 is 0.885 bits per heavy atom. The van der Waals surface area contributed by atoms with Crippen LogP contribution in [0.4, 0.5) is 0 Å². The molecule has 0 bridgehead atoms. The van der Waals surface area contributed by atoms with Gasteiger partial charge in [0.05, 0.1) is 0 Å². The van der Waals surface area contributed by atoms with Gasteiger partial charge < -0.3 is 5.11 Å². The molecular weight excluding hydrogens is 320 g/mol. The number of benzene rings is 2. The van der Waals surface area contributed by atoms with Crippen LogP contribution in [0.3, 0.4) is 0 Å². The van der Waals surface area contributed by atoms with Crippen molar-refractivity contribution in [2.45, 2.75) is 71.1 Å². The van der Waals surface area contributed by atoms with Crippen molar-refractivity contribution in [2.75, 3.05) is 0 Å². The number of aromatic hydroxyl groups is 1. The lowest BCUT2D eigenvalue weighted by atomic mass is 9.79. The highest BCUT2D eigenvalue weighted by atomic mass is 16.3. The lowest BCUT2D eigenvalue weighted by Crippen LogP contribution is -2.20. The number of ketones is 1. The quantitative estimate of drug-likeness (QED) is 0.394. The number of carbonyl (C=O) groups is 1. The summed E-state index contributed by atoms with van der Waals surface area (Å²) >= 11 is 0. The predicted molar refractivity (Wildman–Crippen MR) is 109 cm³/mol. The second-order valence-corrected chi connectivity index (χ2v) is 7.89. The van der Waals surface area contributed by atoms with Gasteiger partial charge >= 0.3 is 0 Å². The van der Waals surface area contributed by atoms with Gasteiger partial charge in [0.2, 0.25) is 0 Å². The summed E-state index contributed by atoms with van der Waals surface area (Å²) in [6, 6.07) is 15.5. The minimum absolute atomic E-state index is 0.0291. The van der Waals surface area contributed by atoms with E-state index in [0.717, 1.165) is 24.8 Å². The first-order chi connectivity index (χ1) is 12.4. The van der Waals surface area contributed by atoms with Crippen LogP contribution in [0.2, 0.25) is 0 Å². The summed E-state index contributed by atoms with van der Waals surface area (Å²) in [5.41, 5.74) is 3.22. The number of phenolic OH excluding ortho intramolecular Hbond substituents is 1. The lowest BCUT2D eigenvalue weighted by Gasteiger charge is -2.25. The van der Waals surface area contributed by atoms with Crippen LogP contribution in [-0.2, 0) is 11.8 Å². The summed E-state index contributed by atoms with van der Waals surface area (Å²) in [6.45, 7) is 6.63. The zero-order chi connectivity index (χ0) is 19.0. The molecule has 1 N–H and O–H groups in total. The van der Waals surface area contributed by atoms with Crippen LogP contribution in [0.25, 0.3) is 0 Å². The molecule has 26 heavy (non-hydrogen) atoms. The average molecular weight is 353 g/mol. The average Bonchev–Trinajstić information content (AvgIpc) is 2.63. The molecule has 0 heterocycles. The molecule has 0 aromatic heterocycles. The molecule has 0 amide bonds. The van der Waals surface area contributed by atoms with Crippen molar-refractivity contribution in [3.8, 4) is 5.75 Å². The number of hydrogen-bond acceptors (Lipinski definition) is 2. The van der Waals surface area contributed by atoms with Gasteiger partial charge in [-0.15, -0.1) is 0 Å². The van der Waals surface area contributed by atoms with Gasteiger partial charge in [-0.1, -0.05) is 82.9 Å². The Kier molecular flexibility index (Phi) is 7.44. The number of Topliss-reactive ketones (excluding diaryl/α,β-unsaturated/α-hetero) is 1. The molecule has 140 valence electrons. The van der Waals surface area contributed by atoms with E-state index >= 15 is 0 Å². The first kappa shape index (κ1) is 20.2. The molecule has 0 fully saturated rings. The van der Waals surface area contributed by atoms with E-state index in [1.54, 1.807) is 12.1 Å². The Hall–Kier alpha value is -2.09. The molecule has 2 rings (SSSR count). The molecular formula is C24H32O2. The van der Waals surface area contributed by atoms with Gasteiger partial charge in [-0.2, -0.15) is 0 Å². The third kappa shape index (κ3) is 6.01. The largest absolute Gasteiger partial charge is 0.508 e. The SMILES string of the molecule is CCCCCCCC(=O)c1ccc(C(C)(C)Cc2ccc(O)cc2)cc1. The molecule has 0 unspecified atom stereocenters. The Bertz CT molecular complexity index is 681. The number of carbonyl (C=O) groups excluding carboxylic acids is 1. The van der Waals surface area contributed by atoms with Gasteiger partial charge in [-0.3, -0.25) is 4.79 Å². The summed E-state index contributed by atoms with van der Waals surface area (Å²) in [6.07, 6.45) is 7.41. The maximum atomic E-state index is 12.3. The zero-order valence-corrected chi connectivity index (χ0v) is 16.4. The van der Waals surface area contributed by atoms with E-state index < -0.39 is 0 Å². The Morgan fingerprint density at radius 2 is 1.50 bits per heavy atom. The molecule has 0 atom stereocenters. The highest BCUT2D eigenvalue weighted by Crippen LogP contribution is 2.28. The van der Waals surface area contributed by atoms with Crippen LogP contribution >= 0.6 is 0 Å². The molecule has 2 heteroatoms. The van der Waals surface area contributed by atoms with E-state index in [2.05, 4.69) is 32.9 Å². The normalized spacial score (nSPS) is 11.5. The van der Waals surface area contributed by atoms with E-state index in [-0.39, 0.29) is 11.2 Å². The van der Waals surface area contributed by atoms with Crippen molar-refractivity contribution in [2.24, 2.45) is 0 Å². The van der Waals surface area contributed by atoms with E-state index in [0.29, 0.717) is 12.2 Å². The second-order valence-electron chi connectivity index (χ2n) is 7.89. The van der Waals surface area contributed by atoms with Crippen LogP contribution < -0.4 is 0 Å². The molecule has 0 aliphatic heterocycles. The van der Waals surface area contributed by atoms with E-state index in [4.69, 9.17) is 0 Å². The molecule has 2 aromatic rings. The van der Waals surface area contributed by atoms with E-state index in [1.807, 2.05) is 24.3 Å². The first-order valence-corrected chi connectivity index (χ1v) is 9.84. The van der Waals surface area contributed by atoms with Gasteiger partial charge in [0.25, 0.3) is 0 Å². The summed E-state index contributed by atoms with van der Waals surface area (Å²) in [5.74, 6) is 0.550. The Labute approximate surface area is 158 Å². The van der Waals surface area contributed by atoms with Crippen LogP contribution in [0.15, 0.2) is 48.5 Å². The minimum Gasteiger partial charge on any atom is -0.508 e. The van der Waals surface area contributed by atoms with Gasteiger partial charge in [-0.05, 0) is 41.5 Å². The van der Waals surface area contributed by atoms with Crippen molar-refractivity contribution in [1.82, 2.24) is 0 Å². The fraction of sp³-hybridized carbons (Fsp3) is 0.458. The van der Waals surface area contributed by atoms with Crippen molar-refractivity contribution >= 4 is 5.78 Å². The molecule has 0 aliphatic carbocycles. The van der Waals surface area contributed by atoms with Crippen LogP contribution in [0.1, 0.15) is 80.8 Å². The molecule has 0 spiro atoms. The van der Waals surface area contributed by atoms with Crippen molar-refractivity contribution < 1.29 is 9.90 Å². The number of phenols is 1. The van der Waals surface area contributed by atoms with Crippen LogP contribution in [0.5, 0.6) is 5.75 Å². The maximum absolute atomic E-state index is 12.3. The zero-order valence-electron chi connectivity index (χ0n) is 16.4. The fourth-order valence-corrected chi connectivity index (χ4v) is 3.37. The topological polar surface area (TPSA) is 37.3 Å². The molecule has 0 saturated heterocycles. The fourth-order valence-electron chi connectivity index (χ4n) is 3.37. The number of unbranched alkanes of at least 4 members (excludes halogenated alkanes) is 4. The monoisotopic (exact) mass is 352 g/mol. The van der Waals surface area contributed by atoms with E-state index in [9.17, 15) is 9.90 Å². The van der Waals surface area contributed by atoms with Crippen LogP contribution in [-0.4, -0.2) is 10.9 Å². The van der Waals surface area contributed by atoms with Gasteiger partial charge in [0.15, 0.2) is 5.78 Å². The van der Waals surface area contributed by atoms with Gasteiger partial charge in [-0.25, -0.2) is 0 Å². The molecule has 2 nitrogen and oxygen atoms in total. The highest BCUT2D eigenvalue weighted by Gasteiger charge is 2.21. The van der Waals surface area contributed by atoms with Crippen molar-refractivity contribution in [3.63, 3.8) is 0 Å².